The summed E-state index contributed by atoms with van der Waals surface area (Å²) in [6, 6.07) is 6.28. The summed E-state index contributed by atoms with van der Waals surface area (Å²) in [4.78, 5) is 3.29. The molecule has 1 heterocycles. The summed E-state index contributed by atoms with van der Waals surface area (Å²) in [6.07, 6.45) is 1.00. The Balaban J connectivity index is 2.66. The number of hydrogen-bond acceptors (Lipinski definition) is 2. The van der Waals surface area contributed by atoms with Crippen LogP contribution in [0.2, 0.25) is 0 Å². The number of aromatic amines is 1. The second-order valence-electron chi connectivity index (χ2n) is 3.61. The number of aromatic nitrogens is 1. The number of aryl methyl sites for hydroxylation is 1. The van der Waals surface area contributed by atoms with Gasteiger partial charge in [-0.1, -0.05) is 6.92 Å². The first-order valence-corrected chi connectivity index (χ1v) is 5.17. The summed E-state index contributed by atoms with van der Waals surface area (Å²) in [5, 5.41) is 1.11. The molecule has 2 aromatic rings. The number of fused-ring (bicyclic) bond motifs is 1. The van der Waals surface area contributed by atoms with Crippen molar-refractivity contribution in [2.75, 3.05) is 7.11 Å². The van der Waals surface area contributed by atoms with Crippen LogP contribution in [0.3, 0.4) is 0 Å². The predicted molar refractivity (Wildman–Crippen MR) is 62.1 cm³/mol. The minimum absolute atomic E-state index is 0.527. The molecule has 0 aliphatic rings. The quantitative estimate of drug-likeness (QED) is 0.805. The number of ether oxygens (including phenoxy) is 1. The van der Waals surface area contributed by atoms with Crippen molar-refractivity contribution >= 4 is 10.9 Å². The zero-order valence-corrected chi connectivity index (χ0v) is 9.13. The van der Waals surface area contributed by atoms with E-state index in [2.05, 4.69) is 24.0 Å². The highest BCUT2D eigenvalue weighted by atomic mass is 16.5. The number of H-pyrrole nitrogens is 1. The molecule has 0 spiro atoms. The number of nitrogens with two attached hydrogens (primary N) is 1. The number of methoxy groups -OCH3 is 1. The first kappa shape index (κ1) is 10.1. The fourth-order valence-electron chi connectivity index (χ4n) is 1.80. The summed E-state index contributed by atoms with van der Waals surface area (Å²) in [5.41, 5.74) is 9.01. The highest BCUT2D eigenvalue weighted by molar-refractivity contribution is 5.87. The van der Waals surface area contributed by atoms with E-state index in [9.17, 15) is 0 Å². The summed E-state index contributed by atoms with van der Waals surface area (Å²) in [7, 11) is 1.70. The van der Waals surface area contributed by atoms with Gasteiger partial charge in [-0.15, -0.1) is 0 Å². The number of rotatable bonds is 3. The van der Waals surface area contributed by atoms with Gasteiger partial charge in [-0.3, -0.25) is 0 Å². The van der Waals surface area contributed by atoms with Crippen LogP contribution in [-0.4, -0.2) is 12.1 Å². The Morgan fingerprint density at radius 3 is 2.73 bits per heavy atom. The third-order valence-corrected chi connectivity index (χ3v) is 2.66. The predicted octanol–water partition coefficient (Wildman–Crippen LogP) is 2.20. The molecule has 15 heavy (non-hydrogen) atoms. The molecule has 3 N–H and O–H groups in total. The van der Waals surface area contributed by atoms with Gasteiger partial charge in [0.1, 0.15) is 5.75 Å². The maximum atomic E-state index is 5.60. The van der Waals surface area contributed by atoms with Gasteiger partial charge in [0, 0.05) is 23.1 Å². The molecule has 0 aliphatic carbocycles. The Morgan fingerprint density at radius 1 is 1.33 bits per heavy atom. The van der Waals surface area contributed by atoms with Crippen LogP contribution in [0.1, 0.15) is 18.2 Å². The maximum absolute atomic E-state index is 5.60. The molecular formula is C12H16N2O. The largest absolute Gasteiger partial charge is 0.496 e. The van der Waals surface area contributed by atoms with E-state index < -0.39 is 0 Å². The lowest BCUT2D eigenvalue weighted by Gasteiger charge is -2.04. The van der Waals surface area contributed by atoms with Gasteiger partial charge in [0.05, 0.1) is 7.11 Å². The van der Waals surface area contributed by atoms with E-state index in [0.29, 0.717) is 6.54 Å². The van der Waals surface area contributed by atoms with Crippen LogP contribution in [0.5, 0.6) is 5.75 Å². The smallest absolute Gasteiger partial charge is 0.128 e. The van der Waals surface area contributed by atoms with Gasteiger partial charge in [0.25, 0.3) is 0 Å². The molecule has 0 radical (unpaired) electrons. The highest BCUT2D eigenvalue weighted by Crippen LogP contribution is 2.28. The zero-order chi connectivity index (χ0) is 10.8. The van der Waals surface area contributed by atoms with Gasteiger partial charge in [-0.2, -0.15) is 0 Å². The van der Waals surface area contributed by atoms with Crippen LogP contribution in [0.15, 0.2) is 18.2 Å². The third kappa shape index (κ3) is 1.70. The first-order valence-electron chi connectivity index (χ1n) is 5.17. The average molecular weight is 204 g/mol. The molecule has 0 fully saturated rings. The lowest BCUT2D eigenvalue weighted by Crippen LogP contribution is -1.94. The Bertz CT molecular complexity index is 474. The summed E-state index contributed by atoms with van der Waals surface area (Å²) >= 11 is 0. The standard InChI is InChI=1S/C12H16N2O/c1-3-8-4-11-10(12(5-8)15-2)6-9(7-13)14-11/h4-6,14H,3,7,13H2,1-2H3. The maximum Gasteiger partial charge on any atom is 0.128 e. The topological polar surface area (TPSA) is 51.0 Å². The summed E-state index contributed by atoms with van der Waals surface area (Å²) < 4.78 is 5.37. The Kier molecular flexibility index (Phi) is 2.64. The molecule has 0 unspecified atom stereocenters. The van der Waals surface area contributed by atoms with Crippen molar-refractivity contribution in [2.24, 2.45) is 5.73 Å². The molecule has 0 saturated heterocycles. The molecule has 80 valence electrons. The van der Waals surface area contributed by atoms with Crippen molar-refractivity contribution in [3.8, 4) is 5.75 Å². The van der Waals surface area contributed by atoms with E-state index in [4.69, 9.17) is 10.5 Å². The van der Waals surface area contributed by atoms with Gasteiger partial charge < -0.3 is 15.5 Å². The van der Waals surface area contributed by atoms with Gasteiger partial charge in [0.2, 0.25) is 0 Å². The Labute approximate surface area is 89.2 Å². The summed E-state index contributed by atoms with van der Waals surface area (Å²) in [5.74, 6) is 0.917. The van der Waals surface area contributed by atoms with Crippen molar-refractivity contribution in [3.63, 3.8) is 0 Å². The zero-order valence-electron chi connectivity index (χ0n) is 9.13. The summed E-state index contributed by atoms with van der Waals surface area (Å²) in [6.45, 7) is 2.66. The second-order valence-corrected chi connectivity index (χ2v) is 3.61. The molecule has 3 nitrogen and oxygen atoms in total. The van der Waals surface area contributed by atoms with Gasteiger partial charge >= 0.3 is 0 Å². The molecule has 0 saturated carbocycles. The Hall–Kier alpha value is -1.48. The molecule has 1 aromatic carbocycles. The molecule has 0 amide bonds. The molecule has 0 atom stereocenters. The average Bonchev–Trinajstić information content (AvgIpc) is 2.70. The van der Waals surface area contributed by atoms with E-state index in [1.807, 2.05) is 6.07 Å². The van der Waals surface area contributed by atoms with E-state index in [0.717, 1.165) is 28.8 Å². The van der Waals surface area contributed by atoms with E-state index in [-0.39, 0.29) is 0 Å². The Morgan fingerprint density at radius 2 is 2.13 bits per heavy atom. The molecule has 0 bridgehead atoms. The number of nitrogens with one attached hydrogen (secondary N) is 1. The molecule has 3 heteroatoms. The fourth-order valence-corrected chi connectivity index (χ4v) is 1.80. The third-order valence-electron chi connectivity index (χ3n) is 2.66. The van der Waals surface area contributed by atoms with Gasteiger partial charge in [-0.05, 0) is 30.2 Å². The van der Waals surface area contributed by atoms with Crippen LogP contribution in [0, 0.1) is 0 Å². The minimum atomic E-state index is 0.527. The van der Waals surface area contributed by atoms with Gasteiger partial charge in [0.15, 0.2) is 0 Å². The van der Waals surface area contributed by atoms with Crippen molar-refractivity contribution in [1.29, 1.82) is 0 Å². The lowest BCUT2D eigenvalue weighted by atomic mass is 10.1. The van der Waals surface area contributed by atoms with Crippen molar-refractivity contribution in [2.45, 2.75) is 19.9 Å². The van der Waals surface area contributed by atoms with Crippen LogP contribution < -0.4 is 10.5 Å². The molecule has 2 rings (SSSR count). The van der Waals surface area contributed by atoms with Crippen molar-refractivity contribution in [1.82, 2.24) is 4.98 Å². The van der Waals surface area contributed by atoms with Crippen molar-refractivity contribution in [3.05, 3.63) is 29.5 Å². The van der Waals surface area contributed by atoms with Gasteiger partial charge in [-0.25, -0.2) is 0 Å². The van der Waals surface area contributed by atoms with Crippen LogP contribution in [0.4, 0.5) is 0 Å². The monoisotopic (exact) mass is 204 g/mol. The van der Waals surface area contributed by atoms with E-state index in [1.54, 1.807) is 7.11 Å². The molecule has 0 aliphatic heterocycles. The second kappa shape index (κ2) is 3.95. The molecule has 1 aromatic heterocycles. The SMILES string of the molecule is CCc1cc(OC)c2cc(CN)[nH]c2c1. The fraction of sp³-hybridized carbons (Fsp3) is 0.333. The number of hydrogen-bond donors (Lipinski definition) is 2. The van der Waals surface area contributed by atoms with Crippen LogP contribution in [0.25, 0.3) is 10.9 Å². The lowest BCUT2D eigenvalue weighted by molar-refractivity contribution is 0.419. The highest BCUT2D eigenvalue weighted by Gasteiger charge is 2.06. The van der Waals surface area contributed by atoms with Crippen molar-refractivity contribution < 1.29 is 4.74 Å². The minimum Gasteiger partial charge on any atom is -0.496 e. The van der Waals surface area contributed by atoms with E-state index >= 15 is 0 Å². The number of benzene rings is 1. The van der Waals surface area contributed by atoms with E-state index in [1.165, 1.54) is 5.56 Å². The van der Waals surface area contributed by atoms with Crippen LogP contribution in [-0.2, 0) is 13.0 Å². The normalized spacial score (nSPS) is 10.9. The first-order chi connectivity index (χ1) is 7.28. The molecular weight excluding hydrogens is 188 g/mol. The van der Waals surface area contributed by atoms with Crippen LogP contribution >= 0.6 is 0 Å².